The summed E-state index contributed by atoms with van der Waals surface area (Å²) in [5, 5.41) is 0. The van der Waals surface area contributed by atoms with Crippen LogP contribution in [0.25, 0.3) is 6.08 Å². The van der Waals surface area contributed by atoms with Gasteiger partial charge in [-0.3, -0.25) is 0 Å². The number of benzene rings is 1. The van der Waals surface area contributed by atoms with E-state index in [4.69, 9.17) is 11.2 Å². The van der Waals surface area contributed by atoms with Crippen LogP contribution < -0.4 is 4.72 Å². The Hall–Kier alpha value is -1.90. The van der Waals surface area contributed by atoms with Gasteiger partial charge in [-0.25, -0.2) is 13.7 Å². The minimum Gasteiger partial charge on any atom is -0.463 e. The van der Waals surface area contributed by atoms with E-state index in [2.05, 4.69) is 10.6 Å². The number of hydrogen-bond donors (Lipinski definition) is 1. The molecule has 0 radical (unpaired) electrons. The third-order valence-electron chi connectivity index (χ3n) is 3.18. The number of hydrogen-bond acceptors (Lipinski definition) is 3. The molecule has 0 aliphatic heterocycles. The Labute approximate surface area is 147 Å². The zero-order valence-corrected chi connectivity index (χ0v) is 15.5. The van der Waals surface area contributed by atoms with E-state index in [0.29, 0.717) is 13.0 Å². The maximum atomic E-state index is 12.4. The average molecular weight is 347 g/mol. The van der Waals surface area contributed by atoms with Crippen LogP contribution in [0.5, 0.6) is 0 Å². The van der Waals surface area contributed by atoms with Crippen molar-refractivity contribution in [3.8, 4) is 12.3 Å². The fraction of sp³-hybridized carbons (Fsp3) is 0.421. The molecule has 0 heterocycles. The van der Waals surface area contributed by atoms with Crippen molar-refractivity contribution >= 4 is 23.0 Å². The first-order valence-corrected chi connectivity index (χ1v) is 8.99. The van der Waals surface area contributed by atoms with Crippen molar-refractivity contribution in [2.45, 2.75) is 44.9 Å². The Balaban J connectivity index is 3.09. The molecule has 0 aliphatic rings. The van der Waals surface area contributed by atoms with Crippen molar-refractivity contribution in [1.82, 2.24) is 4.72 Å². The molecule has 0 spiro atoms. The van der Waals surface area contributed by atoms with Gasteiger partial charge in [0.1, 0.15) is 0 Å². The maximum Gasteiger partial charge on any atom is 0.330 e. The van der Waals surface area contributed by atoms with Gasteiger partial charge in [-0.05, 0) is 44.9 Å². The highest BCUT2D eigenvalue weighted by Gasteiger charge is 2.24. The van der Waals surface area contributed by atoms with Crippen LogP contribution >= 0.6 is 0 Å². The van der Waals surface area contributed by atoms with E-state index >= 15 is 0 Å². The molecular formula is C19H25NO3S. The van der Waals surface area contributed by atoms with Gasteiger partial charge in [-0.2, -0.15) is 0 Å². The van der Waals surface area contributed by atoms with E-state index in [9.17, 15) is 9.00 Å². The third kappa shape index (κ3) is 6.31. The quantitative estimate of drug-likeness (QED) is 0.467. The summed E-state index contributed by atoms with van der Waals surface area (Å²) in [6.45, 7) is 7.78. The van der Waals surface area contributed by atoms with Gasteiger partial charge in [-0.1, -0.05) is 24.3 Å². The summed E-state index contributed by atoms with van der Waals surface area (Å²) in [4.78, 5) is 11.5. The van der Waals surface area contributed by atoms with Gasteiger partial charge in [0.15, 0.2) is 0 Å². The SMILES string of the molecule is C#CC[C@H](N[S@](=O)C(C)(C)C)c1ccccc1/C=C/C(=O)OCC. The van der Waals surface area contributed by atoms with Crippen molar-refractivity contribution in [2.24, 2.45) is 0 Å². The first-order chi connectivity index (χ1) is 11.3. The van der Waals surface area contributed by atoms with Crippen LogP contribution in [0.2, 0.25) is 0 Å². The summed E-state index contributed by atoms with van der Waals surface area (Å²) < 4.78 is 20.0. The number of rotatable bonds is 7. The summed E-state index contributed by atoms with van der Waals surface area (Å²) in [5.74, 6) is 2.23. The molecule has 1 N–H and O–H groups in total. The highest BCUT2D eigenvalue weighted by atomic mass is 32.2. The Morgan fingerprint density at radius 1 is 1.42 bits per heavy atom. The van der Waals surface area contributed by atoms with Gasteiger partial charge in [0.05, 0.1) is 28.4 Å². The monoisotopic (exact) mass is 347 g/mol. The lowest BCUT2D eigenvalue weighted by molar-refractivity contribution is -0.137. The van der Waals surface area contributed by atoms with Crippen LogP contribution in [0.3, 0.4) is 0 Å². The van der Waals surface area contributed by atoms with Crippen LogP contribution in [0.4, 0.5) is 0 Å². The zero-order chi connectivity index (χ0) is 18.2. The molecule has 0 saturated carbocycles. The van der Waals surface area contributed by atoms with E-state index in [1.165, 1.54) is 6.08 Å². The molecule has 0 unspecified atom stereocenters. The molecule has 0 fully saturated rings. The number of ether oxygens (including phenoxy) is 1. The van der Waals surface area contributed by atoms with E-state index in [0.717, 1.165) is 11.1 Å². The standard InChI is InChI=1S/C19H25NO3S/c1-6-10-17(20-24(22)19(3,4)5)16-12-9-8-11-15(16)13-14-18(21)23-7-2/h1,8-9,11-14,17,20H,7,10H2,2-5H3/b14-13+/t17-,24+/m0/s1. The number of carbonyl (C=O) groups is 1. The van der Waals surface area contributed by atoms with E-state index in [-0.39, 0.29) is 6.04 Å². The Kier molecular flexibility index (Phi) is 7.90. The smallest absolute Gasteiger partial charge is 0.330 e. The second kappa shape index (κ2) is 9.41. The fourth-order valence-electron chi connectivity index (χ4n) is 1.97. The lowest BCUT2D eigenvalue weighted by Gasteiger charge is -2.24. The Morgan fingerprint density at radius 3 is 2.67 bits per heavy atom. The largest absolute Gasteiger partial charge is 0.463 e. The van der Waals surface area contributed by atoms with E-state index < -0.39 is 21.7 Å². The third-order valence-corrected chi connectivity index (χ3v) is 4.80. The van der Waals surface area contributed by atoms with E-state index in [1.54, 1.807) is 13.0 Å². The minimum atomic E-state index is -1.25. The Morgan fingerprint density at radius 2 is 2.08 bits per heavy atom. The zero-order valence-electron chi connectivity index (χ0n) is 14.7. The molecule has 1 rings (SSSR count). The summed E-state index contributed by atoms with van der Waals surface area (Å²) in [6, 6.07) is 7.30. The topological polar surface area (TPSA) is 55.4 Å². The van der Waals surface area contributed by atoms with Crippen molar-refractivity contribution in [3.63, 3.8) is 0 Å². The fourth-order valence-corrected chi connectivity index (χ4v) is 2.79. The van der Waals surface area contributed by atoms with Crippen LogP contribution in [-0.4, -0.2) is 21.5 Å². The predicted molar refractivity (Wildman–Crippen MR) is 99.3 cm³/mol. The van der Waals surface area contributed by atoms with Crippen molar-refractivity contribution in [1.29, 1.82) is 0 Å². The second-order valence-corrected chi connectivity index (χ2v) is 8.17. The lowest BCUT2D eigenvalue weighted by Crippen LogP contribution is -2.35. The predicted octanol–water partition coefficient (Wildman–Crippen LogP) is 3.38. The highest BCUT2D eigenvalue weighted by molar-refractivity contribution is 7.84. The average Bonchev–Trinajstić information content (AvgIpc) is 2.52. The van der Waals surface area contributed by atoms with Gasteiger partial charge >= 0.3 is 5.97 Å². The summed E-state index contributed by atoms with van der Waals surface area (Å²) in [5.41, 5.74) is 1.73. The number of nitrogens with one attached hydrogen (secondary N) is 1. The molecule has 0 aromatic heterocycles. The number of carbonyl (C=O) groups excluding carboxylic acids is 1. The molecule has 1 aromatic rings. The van der Waals surface area contributed by atoms with Gasteiger partial charge < -0.3 is 4.74 Å². The molecule has 24 heavy (non-hydrogen) atoms. The van der Waals surface area contributed by atoms with Crippen molar-refractivity contribution in [3.05, 3.63) is 41.5 Å². The summed E-state index contributed by atoms with van der Waals surface area (Å²) in [6.07, 6.45) is 8.96. The van der Waals surface area contributed by atoms with Crippen LogP contribution in [0.1, 0.15) is 51.3 Å². The second-order valence-electron chi connectivity index (χ2n) is 6.17. The first kappa shape index (κ1) is 20.1. The lowest BCUT2D eigenvalue weighted by atomic mass is 9.98. The molecule has 0 bridgehead atoms. The van der Waals surface area contributed by atoms with Gasteiger partial charge in [-0.15, -0.1) is 12.3 Å². The molecule has 0 amide bonds. The number of terminal acetylenes is 1. The molecule has 1 aromatic carbocycles. The van der Waals surface area contributed by atoms with Crippen LogP contribution in [0.15, 0.2) is 30.3 Å². The molecule has 130 valence electrons. The highest BCUT2D eigenvalue weighted by Crippen LogP contribution is 2.24. The molecular weight excluding hydrogens is 322 g/mol. The van der Waals surface area contributed by atoms with Crippen molar-refractivity contribution in [2.75, 3.05) is 6.61 Å². The van der Waals surface area contributed by atoms with Gasteiger partial charge in [0.2, 0.25) is 0 Å². The summed E-state index contributed by atoms with van der Waals surface area (Å²) >= 11 is 0. The molecule has 0 saturated heterocycles. The van der Waals surface area contributed by atoms with Gasteiger partial charge in [0.25, 0.3) is 0 Å². The minimum absolute atomic E-state index is 0.266. The van der Waals surface area contributed by atoms with Crippen LogP contribution in [0, 0.1) is 12.3 Å². The Bertz CT molecular complexity index is 653. The normalized spacial score (nSPS) is 14.1. The van der Waals surface area contributed by atoms with Gasteiger partial charge in [0, 0.05) is 12.5 Å². The maximum absolute atomic E-state index is 12.4. The van der Waals surface area contributed by atoms with Crippen molar-refractivity contribution < 1.29 is 13.7 Å². The van der Waals surface area contributed by atoms with Crippen LogP contribution in [-0.2, 0) is 20.5 Å². The first-order valence-electron chi connectivity index (χ1n) is 7.84. The summed E-state index contributed by atoms with van der Waals surface area (Å²) in [7, 11) is -1.25. The molecule has 0 aliphatic carbocycles. The molecule has 5 heteroatoms. The molecule has 2 atom stereocenters. The molecule has 4 nitrogen and oxygen atoms in total. The number of esters is 1. The van der Waals surface area contributed by atoms with E-state index in [1.807, 2.05) is 45.0 Å².